The lowest BCUT2D eigenvalue weighted by Gasteiger charge is -2.33. The number of nitrogens with zero attached hydrogens (tertiary/aromatic N) is 1. The summed E-state index contributed by atoms with van der Waals surface area (Å²) in [5, 5.41) is 6.38. The molecular formula is C16H23N3O3. The van der Waals surface area contributed by atoms with Crippen molar-refractivity contribution in [3.8, 4) is 0 Å². The molecule has 2 saturated heterocycles. The highest BCUT2D eigenvalue weighted by atomic mass is 16.3. The van der Waals surface area contributed by atoms with Crippen LogP contribution in [0.4, 0.5) is 0 Å². The van der Waals surface area contributed by atoms with E-state index in [2.05, 4.69) is 10.6 Å². The molecule has 0 saturated carbocycles. The molecule has 2 aliphatic rings. The number of hydrogen-bond acceptors (Lipinski definition) is 4. The molecule has 2 N–H and O–H groups in total. The molecule has 3 heterocycles. The minimum absolute atomic E-state index is 0.0449. The van der Waals surface area contributed by atoms with Gasteiger partial charge in [0.2, 0.25) is 5.91 Å². The molecule has 6 heteroatoms. The van der Waals surface area contributed by atoms with Gasteiger partial charge in [-0.05, 0) is 44.4 Å². The predicted molar refractivity (Wildman–Crippen MR) is 81.4 cm³/mol. The second-order valence-electron chi connectivity index (χ2n) is 6.05. The number of piperidine rings is 2. The summed E-state index contributed by atoms with van der Waals surface area (Å²) < 4.78 is 5.15. The fourth-order valence-electron chi connectivity index (χ4n) is 3.16. The number of amides is 2. The lowest BCUT2D eigenvalue weighted by Crippen LogP contribution is -2.52. The Labute approximate surface area is 130 Å². The molecule has 3 rings (SSSR count). The van der Waals surface area contributed by atoms with Gasteiger partial charge in [-0.25, -0.2) is 0 Å². The normalized spacial score (nSPS) is 23.3. The number of nitrogens with one attached hydrogen (secondary N) is 2. The molecule has 0 bridgehead atoms. The predicted octanol–water partition coefficient (Wildman–Crippen LogP) is 1.14. The Hall–Kier alpha value is -1.82. The second kappa shape index (κ2) is 6.96. The van der Waals surface area contributed by atoms with Gasteiger partial charge in [-0.3, -0.25) is 9.59 Å². The molecule has 1 atom stereocenters. The molecule has 2 fully saturated rings. The van der Waals surface area contributed by atoms with Gasteiger partial charge in [0, 0.05) is 19.1 Å². The van der Waals surface area contributed by atoms with E-state index in [0.717, 1.165) is 38.6 Å². The van der Waals surface area contributed by atoms with Crippen molar-refractivity contribution in [3.63, 3.8) is 0 Å². The van der Waals surface area contributed by atoms with Crippen LogP contribution in [0.3, 0.4) is 0 Å². The minimum atomic E-state index is -0.0660. The fraction of sp³-hybridized carbons (Fsp3) is 0.625. The first-order valence-electron chi connectivity index (χ1n) is 8.10. The van der Waals surface area contributed by atoms with Crippen molar-refractivity contribution >= 4 is 11.8 Å². The number of carbonyl (C=O) groups is 2. The van der Waals surface area contributed by atoms with Gasteiger partial charge in [-0.15, -0.1) is 0 Å². The summed E-state index contributed by atoms with van der Waals surface area (Å²) in [5.41, 5.74) is 0. The third-order valence-electron chi connectivity index (χ3n) is 4.49. The van der Waals surface area contributed by atoms with Crippen LogP contribution in [-0.2, 0) is 4.79 Å². The summed E-state index contributed by atoms with van der Waals surface area (Å²) in [7, 11) is 0. The van der Waals surface area contributed by atoms with Crippen LogP contribution in [0.5, 0.6) is 0 Å². The minimum Gasteiger partial charge on any atom is -0.459 e. The SMILES string of the molecule is O=C(NC1CCN(C(=O)c2ccco2)CC1)C1CCCCN1. The molecular weight excluding hydrogens is 282 g/mol. The summed E-state index contributed by atoms with van der Waals surface area (Å²) in [5.74, 6) is 0.424. The zero-order valence-corrected chi connectivity index (χ0v) is 12.7. The molecule has 1 aromatic rings. The van der Waals surface area contributed by atoms with E-state index >= 15 is 0 Å². The van der Waals surface area contributed by atoms with E-state index in [9.17, 15) is 9.59 Å². The quantitative estimate of drug-likeness (QED) is 0.878. The Morgan fingerprint density at radius 3 is 2.68 bits per heavy atom. The van der Waals surface area contributed by atoms with Gasteiger partial charge in [-0.2, -0.15) is 0 Å². The van der Waals surface area contributed by atoms with Gasteiger partial charge in [0.05, 0.1) is 12.3 Å². The molecule has 6 nitrogen and oxygen atoms in total. The van der Waals surface area contributed by atoms with Crippen molar-refractivity contribution in [2.24, 2.45) is 0 Å². The number of furan rings is 1. The van der Waals surface area contributed by atoms with Crippen molar-refractivity contribution in [2.45, 2.75) is 44.2 Å². The van der Waals surface area contributed by atoms with E-state index in [4.69, 9.17) is 4.42 Å². The Morgan fingerprint density at radius 1 is 1.23 bits per heavy atom. The number of likely N-dealkylation sites (tertiary alicyclic amines) is 1. The largest absolute Gasteiger partial charge is 0.459 e. The van der Waals surface area contributed by atoms with Gasteiger partial charge in [0.25, 0.3) is 5.91 Å². The van der Waals surface area contributed by atoms with Crippen molar-refractivity contribution in [3.05, 3.63) is 24.2 Å². The Morgan fingerprint density at radius 2 is 2.05 bits per heavy atom. The van der Waals surface area contributed by atoms with E-state index in [0.29, 0.717) is 18.8 Å². The third-order valence-corrected chi connectivity index (χ3v) is 4.49. The molecule has 0 spiro atoms. The fourth-order valence-corrected chi connectivity index (χ4v) is 3.16. The van der Waals surface area contributed by atoms with Crippen LogP contribution >= 0.6 is 0 Å². The molecule has 2 amide bonds. The molecule has 120 valence electrons. The van der Waals surface area contributed by atoms with Crippen LogP contribution in [0.2, 0.25) is 0 Å². The first kappa shape index (κ1) is 15.1. The molecule has 0 aromatic carbocycles. The number of rotatable bonds is 3. The maximum absolute atomic E-state index is 12.2. The zero-order valence-electron chi connectivity index (χ0n) is 12.7. The highest BCUT2D eigenvalue weighted by Gasteiger charge is 2.28. The molecule has 1 unspecified atom stereocenters. The lowest BCUT2D eigenvalue weighted by molar-refractivity contribution is -0.124. The second-order valence-corrected chi connectivity index (χ2v) is 6.05. The highest BCUT2D eigenvalue weighted by molar-refractivity contribution is 5.91. The highest BCUT2D eigenvalue weighted by Crippen LogP contribution is 2.15. The van der Waals surface area contributed by atoms with Gasteiger partial charge in [0.15, 0.2) is 5.76 Å². The Bertz CT molecular complexity index is 501. The first-order chi connectivity index (χ1) is 10.7. The van der Waals surface area contributed by atoms with Crippen molar-refractivity contribution < 1.29 is 14.0 Å². The van der Waals surface area contributed by atoms with E-state index in [1.54, 1.807) is 17.0 Å². The summed E-state index contributed by atoms with van der Waals surface area (Å²) in [4.78, 5) is 26.2. The molecule has 0 radical (unpaired) electrons. The smallest absolute Gasteiger partial charge is 0.289 e. The van der Waals surface area contributed by atoms with Crippen LogP contribution in [0.25, 0.3) is 0 Å². The summed E-state index contributed by atoms with van der Waals surface area (Å²) in [6.07, 6.45) is 6.28. The van der Waals surface area contributed by atoms with Crippen LogP contribution < -0.4 is 10.6 Å². The summed E-state index contributed by atoms with van der Waals surface area (Å²) in [6, 6.07) is 3.52. The van der Waals surface area contributed by atoms with E-state index in [1.165, 1.54) is 6.26 Å². The van der Waals surface area contributed by atoms with Gasteiger partial charge in [0.1, 0.15) is 0 Å². The zero-order chi connectivity index (χ0) is 15.4. The maximum Gasteiger partial charge on any atom is 0.289 e. The first-order valence-corrected chi connectivity index (χ1v) is 8.10. The summed E-state index contributed by atoms with van der Waals surface area (Å²) in [6.45, 7) is 2.24. The Kier molecular flexibility index (Phi) is 4.77. The molecule has 2 aliphatic heterocycles. The van der Waals surface area contributed by atoms with Gasteiger partial charge >= 0.3 is 0 Å². The molecule has 0 aliphatic carbocycles. The van der Waals surface area contributed by atoms with Crippen LogP contribution in [0, 0.1) is 0 Å². The number of carbonyl (C=O) groups excluding carboxylic acids is 2. The average Bonchev–Trinajstić information content (AvgIpc) is 3.10. The lowest BCUT2D eigenvalue weighted by atomic mass is 10.0. The van der Waals surface area contributed by atoms with E-state index in [1.807, 2.05) is 0 Å². The van der Waals surface area contributed by atoms with Crippen LogP contribution in [0.15, 0.2) is 22.8 Å². The van der Waals surface area contributed by atoms with Gasteiger partial charge < -0.3 is 20.0 Å². The maximum atomic E-state index is 12.2. The summed E-state index contributed by atoms with van der Waals surface area (Å²) >= 11 is 0. The van der Waals surface area contributed by atoms with Crippen LogP contribution in [-0.4, -0.2) is 48.4 Å². The monoisotopic (exact) mass is 305 g/mol. The van der Waals surface area contributed by atoms with Crippen molar-refractivity contribution in [1.29, 1.82) is 0 Å². The van der Waals surface area contributed by atoms with Crippen LogP contribution in [0.1, 0.15) is 42.7 Å². The number of hydrogen-bond donors (Lipinski definition) is 2. The average molecular weight is 305 g/mol. The Balaban J connectivity index is 1.45. The van der Waals surface area contributed by atoms with E-state index in [-0.39, 0.29) is 23.9 Å². The van der Waals surface area contributed by atoms with E-state index < -0.39 is 0 Å². The topological polar surface area (TPSA) is 74.6 Å². The van der Waals surface area contributed by atoms with Crippen molar-refractivity contribution in [2.75, 3.05) is 19.6 Å². The molecule has 1 aromatic heterocycles. The third kappa shape index (κ3) is 3.50. The molecule has 22 heavy (non-hydrogen) atoms. The standard InChI is InChI=1S/C16H23N3O3/c20-15(13-4-1-2-8-17-13)18-12-6-9-19(10-7-12)16(21)14-5-3-11-22-14/h3,5,11-13,17H,1-2,4,6-10H2,(H,18,20). The van der Waals surface area contributed by atoms with Crippen molar-refractivity contribution in [1.82, 2.24) is 15.5 Å². The van der Waals surface area contributed by atoms with Gasteiger partial charge in [-0.1, -0.05) is 6.42 Å².